The molecule has 1 saturated carbocycles. The second-order valence-corrected chi connectivity index (χ2v) is 8.82. The monoisotopic (exact) mass is 420 g/mol. The van der Waals surface area contributed by atoms with Crippen LogP contribution in [0.1, 0.15) is 45.1 Å². The lowest BCUT2D eigenvalue weighted by Gasteiger charge is -2.35. The van der Waals surface area contributed by atoms with Crippen LogP contribution in [0.25, 0.3) is 6.08 Å². The predicted molar refractivity (Wildman–Crippen MR) is 125 cm³/mol. The summed E-state index contributed by atoms with van der Waals surface area (Å²) in [4.78, 5) is 21.1. The van der Waals surface area contributed by atoms with Crippen LogP contribution in [-0.4, -0.2) is 28.6 Å². The highest BCUT2D eigenvalue weighted by molar-refractivity contribution is 8.18. The summed E-state index contributed by atoms with van der Waals surface area (Å²) in [7, 11) is 0. The van der Waals surface area contributed by atoms with Crippen LogP contribution >= 0.6 is 11.8 Å². The van der Waals surface area contributed by atoms with Gasteiger partial charge in [0.05, 0.1) is 17.2 Å². The van der Waals surface area contributed by atoms with Crippen molar-refractivity contribution in [3.63, 3.8) is 0 Å². The van der Waals surface area contributed by atoms with Gasteiger partial charge in [0.15, 0.2) is 5.17 Å². The van der Waals surface area contributed by atoms with E-state index in [9.17, 15) is 4.79 Å². The van der Waals surface area contributed by atoms with Crippen molar-refractivity contribution in [2.24, 2.45) is 10.9 Å². The molecule has 2 atom stereocenters. The summed E-state index contributed by atoms with van der Waals surface area (Å²) in [5.74, 6) is 1.32. The van der Waals surface area contributed by atoms with Gasteiger partial charge in [0, 0.05) is 11.6 Å². The number of ether oxygens (including phenoxy) is 1. The Bertz CT molecular complexity index is 955. The molecule has 2 fully saturated rings. The average molecular weight is 421 g/mol. The third kappa shape index (κ3) is 4.46. The topological polar surface area (TPSA) is 41.9 Å². The minimum Gasteiger partial charge on any atom is -0.493 e. The predicted octanol–water partition coefficient (Wildman–Crippen LogP) is 6.27. The molecule has 1 saturated heterocycles. The largest absolute Gasteiger partial charge is 0.493 e. The van der Waals surface area contributed by atoms with Crippen molar-refractivity contribution in [3.05, 3.63) is 65.1 Å². The highest BCUT2D eigenvalue weighted by Crippen LogP contribution is 2.40. The van der Waals surface area contributed by atoms with Crippen molar-refractivity contribution in [3.8, 4) is 5.75 Å². The van der Waals surface area contributed by atoms with Crippen LogP contribution in [0.3, 0.4) is 0 Å². The number of amides is 1. The lowest BCUT2D eigenvalue weighted by atomic mass is 9.85. The first-order valence-corrected chi connectivity index (χ1v) is 11.6. The molecular weight excluding hydrogens is 392 g/mol. The molecule has 0 unspecified atom stereocenters. The zero-order valence-corrected chi connectivity index (χ0v) is 18.4. The molecule has 4 rings (SSSR count). The Morgan fingerprint density at radius 2 is 1.83 bits per heavy atom. The second-order valence-electron chi connectivity index (χ2n) is 7.82. The number of amidine groups is 1. The fourth-order valence-corrected chi connectivity index (χ4v) is 5.21. The van der Waals surface area contributed by atoms with Crippen LogP contribution in [0.4, 0.5) is 5.69 Å². The highest BCUT2D eigenvalue weighted by atomic mass is 32.2. The minimum absolute atomic E-state index is 0.0553. The van der Waals surface area contributed by atoms with Crippen molar-refractivity contribution in [1.82, 2.24) is 4.90 Å². The van der Waals surface area contributed by atoms with E-state index in [1.54, 1.807) is 0 Å². The maximum absolute atomic E-state index is 13.5. The van der Waals surface area contributed by atoms with Gasteiger partial charge in [0.1, 0.15) is 5.75 Å². The Balaban J connectivity index is 1.72. The zero-order chi connectivity index (χ0) is 20.9. The summed E-state index contributed by atoms with van der Waals surface area (Å²) in [6, 6.07) is 18.0. The van der Waals surface area contributed by atoms with E-state index in [2.05, 4.69) is 6.92 Å². The van der Waals surface area contributed by atoms with E-state index in [0.717, 1.165) is 41.4 Å². The number of carbonyl (C=O) groups is 1. The lowest BCUT2D eigenvalue weighted by molar-refractivity contribution is -0.124. The summed E-state index contributed by atoms with van der Waals surface area (Å²) in [5, 5.41) is 0.782. The Kier molecular flexibility index (Phi) is 6.58. The van der Waals surface area contributed by atoms with E-state index >= 15 is 0 Å². The number of hydrogen-bond donors (Lipinski definition) is 0. The molecule has 1 aliphatic carbocycles. The van der Waals surface area contributed by atoms with Crippen molar-refractivity contribution in [2.45, 2.75) is 45.6 Å². The van der Waals surface area contributed by atoms with Crippen molar-refractivity contribution >= 4 is 34.6 Å². The number of rotatable bonds is 5. The summed E-state index contributed by atoms with van der Waals surface area (Å²) in [6.07, 6.45) is 6.54. The lowest BCUT2D eigenvalue weighted by Crippen LogP contribution is -2.44. The molecule has 1 heterocycles. The molecule has 1 amide bonds. The fraction of sp³-hybridized carbons (Fsp3) is 0.360. The number of benzene rings is 2. The van der Waals surface area contributed by atoms with Crippen LogP contribution in [-0.2, 0) is 4.79 Å². The maximum Gasteiger partial charge on any atom is 0.267 e. The van der Waals surface area contributed by atoms with Crippen LogP contribution in [0.5, 0.6) is 5.75 Å². The number of aliphatic imine (C=N–C) groups is 1. The zero-order valence-electron chi connectivity index (χ0n) is 17.6. The first-order valence-electron chi connectivity index (χ1n) is 10.8. The van der Waals surface area contributed by atoms with Gasteiger partial charge in [-0.15, -0.1) is 0 Å². The molecule has 0 radical (unpaired) electrons. The number of carbonyl (C=O) groups excluding carboxylic acids is 1. The summed E-state index contributed by atoms with van der Waals surface area (Å²) < 4.78 is 5.76. The molecule has 2 aliphatic rings. The molecular formula is C25H28N2O2S. The maximum atomic E-state index is 13.5. The Morgan fingerprint density at radius 3 is 2.60 bits per heavy atom. The second kappa shape index (κ2) is 9.52. The SMILES string of the molecule is CCOc1ccccc1/C=C1\SC(=Nc2ccccc2)N([C@@H]2CCCC[C@@H]2C)C1=O. The van der Waals surface area contributed by atoms with Gasteiger partial charge in [-0.05, 0) is 61.7 Å². The first kappa shape index (κ1) is 20.7. The van der Waals surface area contributed by atoms with Gasteiger partial charge in [0.2, 0.25) is 0 Å². The molecule has 4 nitrogen and oxygen atoms in total. The van der Waals surface area contributed by atoms with Crippen molar-refractivity contribution in [1.29, 1.82) is 0 Å². The first-order chi connectivity index (χ1) is 14.7. The number of hydrogen-bond acceptors (Lipinski definition) is 4. The molecule has 5 heteroatoms. The van der Waals surface area contributed by atoms with Crippen molar-refractivity contribution in [2.75, 3.05) is 6.61 Å². The molecule has 2 aromatic rings. The molecule has 0 bridgehead atoms. The van der Waals surface area contributed by atoms with Gasteiger partial charge in [-0.25, -0.2) is 4.99 Å². The van der Waals surface area contributed by atoms with E-state index in [0.29, 0.717) is 17.4 Å². The van der Waals surface area contributed by atoms with E-state index in [1.165, 1.54) is 18.2 Å². The quantitative estimate of drug-likeness (QED) is 0.536. The molecule has 0 spiro atoms. The Hall–Kier alpha value is -2.53. The smallest absolute Gasteiger partial charge is 0.267 e. The summed E-state index contributed by atoms with van der Waals surface area (Å²) >= 11 is 1.47. The Morgan fingerprint density at radius 1 is 1.10 bits per heavy atom. The van der Waals surface area contributed by atoms with Gasteiger partial charge in [-0.1, -0.05) is 56.2 Å². The molecule has 156 valence electrons. The van der Waals surface area contributed by atoms with E-state index in [4.69, 9.17) is 9.73 Å². The van der Waals surface area contributed by atoms with Gasteiger partial charge in [-0.3, -0.25) is 9.69 Å². The average Bonchev–Trinajstić information content (AvgIpc) is 3.05. The van der Waals surface area contributed by atoms with E-state index in [1.807, 2.05) is 72.5 Å². The van der Waals surface area contributed by atoms with E-state index < -0.39 is 0 Å². The van der Waals surface area contributed by atoms with Gasteiger partial charge in [0.25, 0.3) is 5.91 Å². The summed E-state index contributed by atoms with van der Waals surface area (Å²) in [5.41, 5.74) is 1.80. The number of thioether (sulfide) groups is 1. The van der Waals surface area contributed by atoms with Crippen LogP contribution < -0.4 is 4.74 Å². The van der Waals surface area contributed by atoms with Crippen LogP contribution in [0, 0.1) is 5.92 Å². The normalized spacial score (nSPS) is 24.6. The molecule has 0 N–H and O–H groups in total. The van der Waals surface area contributed by atoms with Crippen LogP contribution in [0.2, 0.25) is 0 Å². The highest BCUT2D eigenvalue weighted by Gasteiger charge is 2.41. The van der Waals surface area contributed by atoms with Crippen molar-refractivity contribution < 1.29 is 9.53 Å². The molecule has 2 aromatic carbocycles. The third-order valence-electron chi connectivity index (χ3n) is 5.72. The van der Waals surface area contributed by atoms with Gasteiger partial charge in [-0.2, -0.15) is 0 Å². The minimum atomic E-state index is 0.0553. The number of para-hydroxylation sites is 2. The Labute approximate surface area is 183 Å². The van der Waals surface area contributed by atoms with E-state index in [-0.39, 0.29) is 11.9 Å². The standard InChI is InChI=1S/C25H28N2O2S/c1-3-29-22-16-10-8-12-19(22)17-23-24(28)27(21-15-9-7-11-18(21)2)25(30-23)26-20-13-5-4-6-14-20/h4-6,8,10,12-14,16-18,21H,3,7,9,11,15H2,1-2H3/b23-17-,26-25?/t18-,21+/m0/s1. The fourth-order valence-electron chi connectivity index (χ4n) is 4.18. The number of nitrogens with zero attached hydrogens (tertiary/aromatic N) is 2. The molecule has 30 heavy (non-hydrogen) atoms. The molecule has 1 aliphatic heterocycles. The van der Waals surface area contributed by atoms with Gasteiger partial charge >= 0.3 is 0 Å². The van der Waals surface area contributed by atoms with Crippen LogP contribution in [0.15, 0.2) is 64.5 Å². The summed E-state index contributed by atoms with van der Waals surface area (Å²) in [6.45, 7) is 4.82. The van der Waals surface area contributed by atoms with Gasteiger partial charge < -0.3 is 4.74 Å². The third-order valence-corrected chi connectivity index (χ3v) is 6.70. The molecule has 0 aromatic heterocycles.